The third-order valence-electron chi connectivity index (χ3n) is 3.06. The summed E-state index contributed by atoms with van der Waals surface area (Å²) in [6.07, 6.45) is 0. The van der Waals surface area contributed by atoms with Crippen molar-refractivity contribution < 1.29 is 9.53 Å². The van der Waals surface area contributed by atoms with E-state index in [1.54, 1.807) is 0 Å². The highest BCUT2D eigenvalue weighted by Gasteiger charge is 2.40. The standard InChI is InChI=1S/C13H26N2O2/c1-10(2)9-17-8-7-15-11(16)12(3,4)13(5,6)14/h1,7-9,14H2,2-6H3,(H,15,16). The summed E-state index contributed by atoms with van der Waals surface area (Å²) < 4.78 is 5.30. The predicted octanol–water partition coefficient (Wildman–Crippen LogP) is 1.46. The molecule has 0 atom stereocenters. The number of rotatable bonds is 7. The molecule has 0 aliphatic rings. The largest absolute Gasteiger partial charge is 0.375 e. The molecule has 0 saturated carbocycles. The molecule has 0 aliphatic carbocycles. The molecule has 0 rings (SSSR count). The maximum absolute atomic E-state index is 11.9. The van der Waals surface area contributed by atoms with Gasteiger partial charge in [0.2, 0.25) is 5.91 Å². The minimum Gasteiger partial charge on any atom is -0.375 e. The SMILES string of the molecule is C=C(C)COCCNC(=O)C(C)(C)C(C)(C)N. The van der Waals surface area contributed by atoms with Crippen molar-refractivity contribution >= 4 is 5.91 Å². The van der Waals surface area contributed by atoms with E-state index in [0.717, 1.165) is 5.57 Å². The van der Waals surface area contributed by atoms with E-state index in [1.807, 2.05) is 34.6 Å². The summed E-state index contributed by atoms with van der Waals surface area (Å²) in [7, 11) is 0. The average molecular weight is 242 g/mol. The van der Waals surface area contributed by atoms with Gasteiger partial charge in [0.05, 0.1) is 18.6 Å². The Bertz CT molecular complexity index is 278. The molecular weight excluding hydrogens is 216 g/mol. The third-order valence-corrected chi connectivity index (χ3v) is 3.06. The van der Waals surface area contributed by atoms with E-state index < -0.39 is 11.0 Å². The first kappa shape index (κ1) is 16.1. The van der Waals surface area contributed by atoms with Crippen LogP contribution >= 0.6 is 0 Å². The molecule has 0 aromatic heterocycles. The number of hydrogen-bond acceptors (Lipinski definition) is 3. The monoisotopic (exact) mass is 242 g/mol. The Balaban J connectivity index is 3.99. The summed E-state index contributed by atoms with van der Waals surface area (Å²) in [4.78, 5) is 11.9. The number of ether oxygens (including phenoxy) is 1. The lowest BCUT2D eigenvalue weighted by Gasteiger charge is -2.36. The van der Waals surface area contributed by atoms with Crippen LogP contribution in [0.2, 0.25) is 0 Å². The quantitative estimate of drug-likeness (QED) is 0.525. The van der Waals surface area contributed by atoms with Crippen molar-refractivity contribution in [3.63, 3.8) is 0 Å². The Morgan fingerprint density at radius 2 is 1.88 bits per heavy atom. The highest BCUT2D eigenvalue weighted by molar-refractivity contribution is 5.83. The Hall–Kier alpha value is -0.870. The molecule has 3 N–H and O–H groups in total. The number of amides is 1. The molecule has 0 spiro atoms. The molecule has 4 heteroatoms. The van der Waals surface area contributed by atoms with Crippen molar-refractivity contribution in [1.82, 2.24) is 5.32 Å². The van der Waals surface area contributed by atoms with Gasteiger partial charge in [0, 0.05) is 12.1 Å². The third kappa shape index (κ3) is 5.33. The molecule has 17 heavy (non-hydrogen) atoms. The van der Waals surface area contributed by atoms with Crippen LogP contribution in [0.3, 0.4) is 0 Å². The first-order valence-corrected chi connectivity index (χ1v) is 5.88. The van der Waals surface area contributed by atoms with E-state index in [0.29, 0.717) is 19.8 Å². The van der Waals surface area contributed by atoms with E-state index in [1.165, 1.54) is 0 Å². The predicted molar refractivity (Wildman–Crippen MR) is 70.7 cm³/mol. The zero-order valence-electron chi connectivity index (χ0n) is 11.7. The number of hydrogen-bond donors (Lipinski definition) is 2. The topological polar surface area (TPSA) is 64.3 Å². The van der Waals surface area contributed by atoms with Crippen molar-refractivity contribution in [2.75, 3.05) is 19.8 Å². The number of carbonyl (C=O) groups excluding carboxylic acids is 1. The molecular formula is C13H26N2O2. The van der Waals surface area contributed by atoms with Gasteiger partial charge in [-0.2, -0.15) is 0 Å². The second-order valence-corrected chi connectivity index (χ2v) is 5.61. The number of carbonyl (C=O) groups is 1. The Morgan fingerprint density at radius 1 is 1.35 bits per heavy atom. The van der Waals surface area contributed by atoms with Crippen LogP contribution in [-0.2, 0) is 9.53 Å². The van der Waals surface area contributed by atoms with Gasteiger partial charge in [-0.05, 0) is 34.6 Å². The summed E-state index contributed by atoms with van der Waals surface area (Å²) in [5, 5.41) is 2.83. The average Bonchev–Trinajstić information content (AvgIpc) is 2.14. The fraction of sp³-hybridized carbons (Fsp3) is 0.769. The lowest BCUT2D eigenvalue weighted by Crippen LogP contribution is -2.55. The van der Waals surface area contributed by atoms with Crippen LogP contribution in [-0.4, -0.2) is 31.2 Å². The first-order valence-electron chi connectivity index (χ1n) is 5.88. The molecule has 0 unspecified atom stereocenters. The maximum atomic E-state index is 11.9. The van der Waals surface area contributed by atoms with E-state index >= 15 is 0 Å². The second-order valence-electron chi connectivity index (χ2n) is 5.61. The van der Waals surface area contributed by atoms with E-state index in [4.69, 9.17) is 10.5 Å². The summed E-state index contributed by atoms with van der Waals surface area (Å²) in [5.41, 5.74) is 5.78. The lowest BCUT2D eigenvalue weighted by atomic mass is 9.74. The zero-order valence-corrected chi connectivity index (χ0v) is 11.7. The van der Waals surface area contributed by atoms with Gasteiger partial charge in [0.25, 0.3) is 0 Å². The van der Waals surface area contributed by atoms with Crippen molar-refractivity contribution in [1.29, 1.82) is 0 Å². The van der Waals surface area contributed by atoms with Gasteiger partial charge >= 0.3 is 0 Å². The van der Waals surface area contributed by atoms with Gasteiger partial charge in [-0.3, -0.25) is 4.79 Å². The molecule has 0 aromatic carbocycles. The van der Waals surface area contributed by atoms with Gasteiger partial charge in [-0.15, -0.1) is 0 Å². The molecule has 0 bridgehead atoms. The van der Waals surface area contributed by atoms with E-state index in [2.05, 4.69) is 11.9 Å². The smallest absolute Gasteiger partial charge is 0.227 e. The van der Waals surface area contributed by atoms with Crippen LogP contribution in [0.5, 0.6) is 0 Å². The van der Waals surface area contributed by atoms with Gasteiger partial charge in [0.15, 0.2) is 0 Å². The van der Waals surface area contributed by atoms with Crippen LogP contribution < -0.4 is 11.1 Å². The minimum atomic E-state index is -0.610. The molecule has 0 heterocycles. The van der Waals surface area contributed by atoms with Gasteiger partial charge < -0.3 is 15.8 Å². The summed E-state index contributed by atoms with van der Waals surface area (Å²) >= 11 is 0. The van der Waals surface area contributed by atoms with Crippen LogP contribution in [0.4, 0.5) is 0 Å². The molecule has 0 saturated heterocycles. The van der Waals surface area contributed by atoms with Gasteiger partial charge in [-0.1, -0.05) is 12.2 Å². The normalized spacial score (nSPS) is 12.4. The second kappa shape index (κ2) is 6.17. The molecule has 0 radical (unpaired) electrons. The van der Waals surface area contributed by atoms with Crippen molar-refractivity contribution in [2.24, 2.45) is 11.1 Å². The van der Waals surface area contributed by atoms with Crippen LogP contribution in [0.1, 0.15) is 34.6 Å². The number of nitrogens with one attached hydrogen (secondary N) is 1. The maximum Gasteiger partial charge on any atom is 0.227 e. The fourth-order valence-electron chi connectivity index (χ4n) is 0.997. The highest BCUT2D eigenvalue weighted by atomic mass is 16.5. The van der Waals surface area contributed by atoms with Crippen LogP contribution in [0.25, 0.3) is 0 Å². The molecule has 0 fully saturated rings. The highest BCUT2D eigenvalue weighted by Crippen LogP contribution is 2.28. The first-order chi connectivity index (χ1) is 7.59. The van der Waals surface area contributed by atoms with Crippen LogP contribution in [0.15, 0.2) is 12.2 Å². The molecule has 1 amide bonds. The molecule has 100 valence electrons. The summed E-state index contributed by atoms with van der Waals surface area (Å²) in [6, 6.07) is 0. The fourth-order valence-corrected chi connectivity index (χ4v) is 0.997. The molecule has 4 nitrogen and oxygen atoms in total. The Morgan fingerprint density at radius 3 is 2.29 bits per heavy atom. The van der Waals surface area contributed by atoms with Crippen molar-refractivity contribution in [2.45, 2.75) is 40.2 Å². The van der Waals surface area contributed by atoms with E-state index in [-0.39, 0.29) is 5.91 Å². The Kier molecular flexibility index (Phi) is 5.85. The number of nitrogens with two attached hydrogens (primary N) is 1. The Labute approximate surface area is 105 Å². The minimum absolute atomic E-state index is 0.0519. The van der Waals surface area contributed by atoms with Gasteiger partial charge in [-0.25, -0.2) is 0 Å². The van der Waals surface area contributed by atoms with Gasteiger partial charge in [0.1, 0.15) is 0 Å². The zero-order chi connectivity index (χ0) is 13.7. The van der Waals surface area contributed by atoms with Crippen LogP contribution in [0, 0.1) is 5.41 Å². The van der Waals surface area contributed by atoms with E-state index in [9.17, 15) is 4.79 Å². The molecule has 0 aliphatic heterocycles. The summed E-state index contributed by atoms with van der Waals surface area (Å²) in [6.45, 7) is 14.5. The van der Waals surface area contributed by atoms with Crippen molar-refractivity contribution in [3.05, 3.63) is 12.2 Å². The lowest BCUT2D eigenvalue weighted by molar-refractivity contribution is -0.132. The van der Waals surface area contributed by atoms with Crippen molar-refractivity contribution in [3.8, 4) is 0 Å². The summed E-state index contributed by atoms with van der Waals surface area (Å²) in [5.74, 6) is -0.0519. The molecule has 0 aromatic rings.